The summed E-state index contributed by atoms with van der Waals surface area (Å²) >= 11 is 0. The van der Waals surface area contributed by atoms with Gasteiger partial charge in [-0.25, -0.2) is 0 Å². The van der Waals surface area contributed by atoms with Gasteiger partial charge in [0.05, 0.1) is 12.1 Å². The van der Waals surface area contributed by atoms with Crippen molar-refractivity contribution in [2.45, 2.75) is 0 Å². The van der Waals surface area contributed by atoms with E-state index in [2.05, 4.69) is 10.3 Å². The second kappa shape index (κ2) is 4.61. The normalized spacial score (nSPS) is 10.1. The number of amidine groups is 1. The third kappa shape index (κ3) is 2.57. The highest BCUT2D eigenvalue weighted by molar-refractivity contribution is 5.99. The quantitative estimate of drug-likeness (QED) is 0.538. The predicted molar refractivity (Wildman–Crippen MR) is 66.0 cm³/mol. The van der Waals surface area contributed by atoms with Crippen molar-refractivity contribution in [2.24, 2.45) is 5.73 Å². The van der Waals surface area contributed by atoms with Gasteiger partial charge in [-0.15, -0.1) is 0 Å². The Balaban J connectivity index is 2.24. The fourth-order valence-corrected chi connectivity index (χ4v) is 1.49. The minimum absolute atomic E-state index is 0.0594. The lowest BCUT2D eigenvalue weighted by Gasteiger charge is -2.04. The van der Waals surface area contributed by atoms with Crippen LogP contribution >= 0.6 is 0 Å². The molecule has 0 radical (unpaired) electrons. The first-order valence-electron chi connectivity index (χ1n) is 5.13. The number of amides is 1. The number of hydrogen-bond acceptors (Lipinski definition) is 3. The van der Waals surface area contributed by atoms with Crippen molar-refractivity contribution in [1.82, 2.24) is 10.3 Å². The van der Waals surface area contributed by atoms with E-state index in [0.29, 0.717) is 5.56 Å². The number of carbonyl (C=O) groups is 1. The van der Waals surface area contributed by atoms with Crippen LogP contribution in [0.3, 0.4) is 0 Å². The molecule has 2 aromatic rings. The zero-order valence-electron chi connectivity index (χ0n) is 9.10. The molecule has 0 spiro atoms. The van der Waals surface area contributed by atoms with Gasteiger partial charge in [0.1, 0.15) is 5.84 Å². The highest BCUT2D eigenvalue weighted by Gasteiger charge is 2.06. The summed E-state index contributed by atoms with van der Waals surface area (Å²) in [6.07, 6.45) is 1.71. The molecular weight excluding hydrogens is 216 g/mol. The minimum Gasteiger partial charge on any atom is -0.386 e. The van der Waals surface area contributed by atoms with E-state index < -0.39 is 0 Å². The average molecular weight is 228 g/mol. The Morgan fingerprint density at radius 2 is 2.24 bits per heavy atom. The van der Waals surface area contributed by atoms with E-state index in [1.165, 1.54) is 0 Å². The Labute approximate surface area is 98.2 Å². The summed E-state index contributed by atoms with van der Waals surface area (Å²) in [5.41, 5.74) is 6.55. The number of hydrogen-bond donors (Lipinski definition) is 3. The first-order chi connectivity index (χ1) is 8.16. The van der Waals surface area contributed by atoms with Crippen LogP contribution in [-0.2, 0) is 0 Å². The fourth-order valence-electron chi connectivity index (χ4n) is 1.49. The molecule has 0 aliphatic carbocycles. The predicted octanol–water partition coefficient (Wildman–Crippen LogP) is 0.901. The largest absolute Gasteiger partial charge is 0.386 e. The average Bonchev–Trinajstić information content (AvgIpc) is 2.35. The number of fused-ring (bicyclic) bond motifs is 1. The molecule has 0 saturated heterocycles. The van der Waals surface area contributed by atoms with Gasteiger partial charge >= 0.3 is 0 Å². The monoisotopic (exact) mass is 228 g/mol. The van der Waals surface area contributed by atoms with E-state index in [-0.39, 0.29) is 18.3 Å². The maximum absolute atomic E-state index is 11.7. The summed E-state index contributed by atoms with van der Waals surface area (Å²) in [5.74, 6) is -0.313. The lowest BCUT2D eigenvalue weighted by molar-refractivity contribution is 0.0959. The molecule has 0 fully saturated rings. The summed E-state index contributed by atoms with van der Waals surface area (Å²) in [4.78, 5) is 15.9. The van der Waals surface area contributed by atoms with Gasteiger partial charge in [0.15, 0.2) is 0 Å². The highest BCUT2D eigenvalue weighted by atomic mass is 16.1. The molecular formula is C12H12N4O. The van der Waals surface area contributed by atoms with Crippen molar-refractivity contribution in [3.05, 3.63) is 42.1 Å². The van der Waals surface area contributed by atoms with Gasteiger partial charge in [-0.2, -0.15) is 0 Å². The molecule has 0 unspecified atom stereocenters. The number of pyridine rings is 1. The molecule has 0 atom stereocenters. The molecule has 0 aliphatic heterocycles. The van der Waals surface area contributed by atoms with Crippen LogP contribution in [0.5, 0.6) is 0 Å². The number of benzene rings is 1. The minimum atomic E-state index is -0.244. The number of aromatic nitrogens is 1. The molecule has 17 heavy (non-hydrogen) atoms. The lowest BCUT2D eigenvalue weighted by atomic mass is 10.1. The maximum Gasteiger partial charge on any atom is 0.251 e. The topological polar surface area (TPSA) is 91.9 Å². The van der Waals surface area contributed by atoms with Crippen molar-refractivity contribution in [3.63, 3.8) is 0 Å². The summed E-state index contributed by atoms with van der Waals surface area (Å²) in [6.45, 7) is 0.0594. The summed E-state index contributed by atoms with van der Waals surface area (Å²) in [7, 11) is 0. The zero-order valence-corrected chi connectivity index (χ0v) is 9.10. The van der Waals surface area contributed by atoms with Crippen LogP contribution in [0.25, 0.3) is 10.9 Å². The summed E-state index contributed by atoms with van der Waals surface area (Å²) in [5, 5.41) is 10.5. The molecule has 5 nitrogen and oxygen atoms in total. The smallest absolute Gasteiger partial charge is 0.251 e. The first kappa shape index (κ1) is 11.1. The van der Waals surface area contributed by atoms with Crippen molar-refractivity contribution in [1.29, 1.82) is 5.41 Å². The summed E-state index contributed by atoms with van der Waals surface area (Å²) in [6, 6.07) is 8.96. The van der Waals surface area contributed by atoms with E-state index in [1.807, 2.05) is 12.1 Å². The van der Waals surface area contributed by atoms with Crippen molar-refractivity contribution < 1.29 is 4.79 Å². The van der Waals surface area contributed by atoms with Gasteiger partial charge in [-0.3, -0.25) is 15.2 Å². The lowest BCUT2D eigenvalue weighted by Crippen LogP contribution is -2.32. The van der Waals surface area contributed by atoms with E-state index in [4.69, 9.17) is 11.1 Å². The van der Waals surface area contributed by atoms with Gasteiger partial charge in [-0.05, 0) is 24.3 Å². The maximum atomic E-state index is 11.7. The third-order valence-electron chi connectivity index (χ3n) is 2.30. The van der Waals surface area contributed by atoms with Crippen molar-refractivity contribution >= 4 is 22.6 Å². The van der Waals surface area contributed by atoms with E-state index >= 15 is 0 Å². The Kier molecular flexibility index (Phi) is 3.00. The van der Waals surface area contributed by atoms with Crippen molar-refractivity contribution in [2.75, 3.05) is 6.54 Å². The Morgan fingerprint density at radius 3 is 3.00 bits per heavy atom. The van der Waals surface area contributed by atoms with Gasteiger partial charge in [0.25, 0.3) is 5.91 Å². The first-order valence-corrected chi connectivity index (χ1v) is 5.13. The number of nitrogens with zero attached hydrogens (tertiary/aromatic N) is 1. The van der Waals surface area contributed by atoms with Gasteiger partial charge in [0, 0.05) is 17.1 Å². The number of rotatable bonds is 3. The highest BCUT2D eigenvalue weighted by Crippen LogP contribution is 2.12. The van der Waals surface area contributed by atoms with E-state index in [1.54, 1.807) is 24.4 Å². The zero-order chi connectivity index (χ0) is 12.3. The molecule has 1 heterocycles. The van der Waals surface area contributed by atoms with Gasteiger partial charge < -0.3 is 11.1 Å². The Bertz CT molecular complexity index is 579. The molecule has 2 rings (SSSR count). The van der Waals surface area contributed by atoms with Crippen LogP contribution in [0, 0.1) is 5.41 Å². The summed E-state index contributed by atoms with van der Waals surface area (Å²) < 4.78 is 0. The van der Waals surface area contributed by atoms with Gasteiger partial charge in [0.2, 0.25) is 0 Å². The number of nitrogens with two attached hydrogens (primary N) is 1. The standard InChI is InChI=1S/C12H12N4O/c13-11(14)7-16-12(17)9-3-4-10-8(6-9)2-1-5-15-10/h1-6H,7H2,(H3,13,14)(H,16,17). The van der Waals surface area contributed by atoms with E-state index in [9.17, 15) is 4.79 Å². The molecule has 4 N–H and O–H groups in total. The van der Waals surface area contributed by atoms with Crippen LogP contribution in [0.2, 0.25) is 0 Å². The Morgan fingerprint density at radius 1 is 1.41 bits per heavy atom. The van der Waals surface area contributed by atoms with Crippen LogP contribution in [0.1, 0.15) is 10.4 Å². The molecule has 5 heteroatoms. The van der Waals surface area contributed by atoms with Crippen LogP contribution in [-0.4, -0.2) is 23.3 Å². The molecule has 1 aromatic carbocycles. The Hall–Kier alpha value is -2.43. The molecule has 0 saturated carbocycles. The second-order valence-electron chi connectivity index (χ2n) is 3.62. The van der Waals surface area contributed by atoms with Crippen molar-refractivity contribution in [3.8, 4) is 0 Å². The molecule has 1 amide bonds. The molecule has 0 bridgehead atoms. The van der Waals surface area contributed by atoms with Crippen LogP contribution < -0.4 is 11.1 Å². The molecule has 1 aromatic heterocycles. The number of nitrogens with one attached hydrogen (secondary N) is 2. The number of carbonyl (C=O) groups excluding carboxylic acids is 1. The molecule has 86 valence electrons. The van der Waals surface area contributed by atoms with Crippen LogP contribution in [0.4, 0.5) is 0 Å². The SMILES string of the molecule is N=C(N)CNC(=O)c1ccc2ncccc2c1. The molecule has 0 aliphatic rings. The van der Waals surface area contributed by atoms with E-state index in [0.717, 1.165) is 10.9 Å². The fraction of sp³-hybridized carbons (Fsp3) is 0.0833. The second-order valence-corrected chi connectivity index (χ2v) is 3.62. The van der Waals surface area contributed by atoms with Gasteiger partial charge in [-0.1, -0.05) is 6.07 Å². The van der Waals surface area contributed by atoms with Crippen LogP contribution in [0.15, 0.2) is 36.5 Å². The third-order valence-corrected chi connectivity index (χ3v) is 2.30.